The van der Waals surface area contributed by atoms with Crippen LogP contribution in [0.25, 0.3) is 0 Å². The van der Waals surface area contributed by atoms with Crippen molar-refractivity contribution in [2.45, 2.75) is 19.5 Å². The van der Waals surface area contributed by atoms with E-state index in [1.54, 1.807) is 7.05 Å². The van der Waals surface area contributed by atoms with E-state index in [1.165, 1.54) is 5.56 Å². The lowest BCUT2D eigenvalue weighted by atomic mass is 10.1. The SMILES string of the molecule is CNC(=O)CN1CCN(Cc2ccccc2)C[C@H]1C. The van der Waals surface area contributed by atoms with Crippen molar-refractivity contribution in [3.63, 3.8) is 0 Å². The molecule has 4 heteroatoms. The molecule has 2 rings (SSSR count). The van der Waals surface area contributed by atoms with E-state index in [4.69, 9.17) is 0 Å². The van der Waals surface area contributed by atoms with E-state index in [0.29, 0.717) is 12.6 Å². The van der Waals surface area contributed by atoms with Gasteiger partial charge in [-0.05, 0) is 12.5 Å². The first kappa shape index (κ1) is 14.0. The number of likely N-dealkylation sites (N-methyl/N-ethyl adjacent to an activating group) is 1. The van der Waals surface area contributed by atoms with Crippen LogP contribution in [0.1, 0.15) is 12.5 Å². The number of nitrogens with one attached hydrogen (secondary N) is 1. The molecule has 1 N–H and O–H groups in total. The summed E-state index contributed by atoms with van der Waals surface area (Å²) in [5.74, 6) is 0.100. The van der Waals surface area contributed by atoms with Crippen LogP contribution in [0.5, 0.6) is 0 Å². The summed E-state index contributed by atoms with van der Waals surface area (Å²) in [7, 11) is 1.69. The molecule has 1 aliphatic heterocycles. The van der Waals surface area contributed by atoms with Gasteiger partial charge in [0.1, 0.15) is 0 Å². The number of carbonyl (C=O) groups excluding carboxylic acids is 1. The molecule has 0 bridgehead atoms. The van der Waals surface area contributed by atoms with Gasteiger partial charge in [-0.15, -0.1) is 0 Å². The van der Waals surface area contributed by atoms with Crippen molar-refractivity contribution < 1.29 is 4.79 Å². The zero-order valence-corrected chi connectivity index (χ0v) is 11.8. The van der Waals surface area contributed by atoms with Gasteiger partial charge in [0, 0.05) is 39.3 Å². The number of carbonyl (C=O) groups is 1. The standard InChI is InChI=1S/C15H23N3O/c1-13-10-17(11-14-6-4-3-5-7-14)8-9-18(13)12-15(19)16-2/h3-7,13H,8-12H2,1-2H3,(H,16,19)/t13-/m1/s1. The van der Waals surface area contributed by atoms with Crippen LogP contribution >= 0.6 is 0 Å². The highest BCUT2D eigenvalue weighted by Crippen LogP contribution is 2.12. The van der Waals surface area contributed by atoms with Gasteiger partial charge in [0.25, 0.3) is 0 Å². The Kier molecular flexibility index (Phi) is 4.93. The van der Waals surface area contributed by atoms with Crippen molar-refractivity contribution in [2.75, 3.05) is 33.2 Å². The summed E-state index contributed by atoms with van der Waals surface area (Å²) < 4.78 is 0. The van der Waals surface area contributed by atoms with Crippen LogP contribution in [0, 0.1) is 0 Å². The molecule has 0 radical (unpaired) electrons. The Balaban J connectivity index is 1.84. The smallest absolute Gasteiger partial charge is 0.233 e. The topological polar surface area (TPSA) is 35.6 Å². The average molecular weight is 261 g/mol. The second-order valence-electron chi connectivity index (χ2n) is 5.21. The van der Waals surface area contributed by atoms with Crippen molar-refractivity contribution >= 4 is 5.91 Å². The summed E-state index contributed by atoms with van der Waals surface area (Å²) in [5, 5.41) is 2.69. The van der Waals surface area contributed by atoms with E-state index in [9.17, 15) is 4.79 Å². The molecular formula is C15H23N3O. The molecular weight excluding hydrogens is 238 g/mol. The van der Waals surface area contributed by atoms with Gasteiger partial charge in [-0.1, -0.05) is 30.3 Å². The lowest BCUT2D eigenvalue weighted by Gasteiger charge is -2.39. The summed E-state index contributed by atoms with van der Waals surface area (Å²) in [5.41, 5.74) is 1.36. The van der Waals surface area contributed by atoms with Crippen LogP contribution in [0.15, 0.2) is 30.3 Å². The Labute approximate surface area is 115 Å². The maximum atomic E-state index is 11.4. The minimum atomic E-state index is 0.100. The fourth-order valence-electron chi connectivity index (χ4n) is 2.55. The van der Waals surface area contributed by atoms with E-state index >= 15 is 0 Å². The van der Waals surface area contributed by atoms with Crippen molar-refractivity contribution in [1.29, 1.82) is 0 Å². The highest BCUT2D eigenvalue weighted by Gasteiger charge is 2.24. The molecule has 104 valence electrons. The third-order valence-corrected chi connectivity index (χ3v) is 3.72. The Morgan fingerprint density at radius 1 is 1.32 bits per heavy atom. The van der Waals surface area contributed by atoms with Gasteiger partial charge in [-0.3, -0.25) is 14.6 Å². The largest absolute Gasteiger partial charge is 0.358 e. The summed E-state index contributed by atoms with van der Waals surface area (Å²) in [4.78, 5) is 16.1. The van der Waals surface area contributed by atoms with E-state index in [-0.39, 0.29) is 5.91 Å². The lowest BCUT2D eigenvalue weighted by molar-refractivity contribution is -0.122. The summed E-state index contributed by atoms with van der Waals surface area (Å²) >= 11 is 0. The van der Waals surface area contributed by atoms with Crippen molar-refractivity contribution in [2.24, 2.45) is 0 Å². The molecule has 1 aromatic rings. The first-order chi connectivity index (χ1) is 9.19. The predicted octanol–water partition coefficient (Wildman–Crippen LogP) is 0.939. The molecule has 1 heterocycles. The second-order valence-corrected chi connectivity index (χ2v) is 5.21. The first-order valence-electron chi connectivity index (χ1n) is 6.90. The zero-order chi connectivity index (χ0) is 13.7. The zero-order valence-electron chi connectivity index (χ0n) is 11.8. The lowest BCUT2D eigenvalue weighted by Crippen LogP contribution is -2.53. The first-order valence-corrected chi connectivity index (χ1v) is 6.90. The highest BCUT2D eigenvalue weighted by molar-refractivity contribution is 5.77. The maximum Gasteiger partial charge on any atom is 0.233 e. The fraction of sp³-hybridized carbons (Fsp3) is 0.533. The van der Waals surface area contributed by atoms with Gasteiger partial charge in [0.05, 0.1) is 6.54 Å². The average Bonchev–Trinajstić information content (AvgIpc) is 2.43. The molecule has 19 heavy (non-hydrogen) atoms. The van der Waals surface area contributed by atoms with Crippen LogP contribution in [-0.2, 0) is 11.3 Å². The molecule has 1 saturated heterocycles. The van der Waals surface area contributed by atoms with Gasteiger partial charge in [0.2, 0.25) is 5.91 Å². The van der Waals surface area contributed by atoms with E-state index in [2.05, 4.69) is 46.3 Å². The van der Waals surface area contributed by atoms with E-state index in [1.807, 2.05) is 6.07 Å². The minimum absolute atomic E-state index is 0.100. The molecule has 0 spiro atoms. The predicted molar refractivity (Wildman–Crippen MR) is 76.8 cm³/mol. The maximum absolute atomic E-state index is 11.4. The molecule has 1 fully saturated rings. The van der Waals surface area contributed by atoms with Gasteiger partial charge in [0.15, 0.2) is 0 Å². The fourth-order valence-corrected chi connectivity index (χ4v) is 2.55. The molecule has 0 unspecified atom stereocenters. The molecule has 0 saturated carbocycles. The third-order valence-electron chi connectivity index (χ3n) is 3.72. The molecule has 4 nitrogen and oxygen atoms in total. The number of hydrogen-bond acceptors (Lipinski definition) is 3. The number of nitrogens with zero attached hydrogens (tertiary/aromatic N) is 2. The highest BCUT2D eigenvalue weighted by atomic mass is 16.1. The van der Waals surface area contributed by atoms with Crippen molar-refractivity contribution in [1.82, 2.24) is 15.1 Å². The summed E-state index contributed by atoms with van der Waals surface area (Å²) in [6, 6.07) is 11.0. The quantitative estimate of drug-likeness (QED) is 0.876. The van der Waals surface area contributed by atoms with Crippen LogP contribution in [-0.4, -0.2) is 55.0 Å². The number of rotatable bonds is 4. The monoisotopic (exact) mass is 261 g/mol. The second kappa shape index (κ2) is 6.68. The minimum Gasteiger partial charge on any atom is -0.358 e. The molecule has 1 amide bonds. The van der Waals surface area contributed by atoms with Crippen LogP contribution in [0.2, 0.25) is 0 Å². The normalized spacial score (nSPS) is 21.3. The van der Waals surface area contributed by atoms with Crippen LogP contribution < -0.4 is 5.32 Å². The van der Waals surface area contributed by atoms with Crippen molar-refractivity contribution in [3.8, 4) is 0 Å². The van der Waals surface area contributed by atoms with Gasteiger partial charge in [-0.25, -0.2) is 0 Å². The van der Waals surface area contributed by atoms with Crippen LogP contribution in [0.3, 0.4) is 0 Å². The van der Waals surface area contributed by atoms with Gasteiger partial charge >= 0.3 is 0 Å². The number of benzene rings is 1. The Bertz CT molecular complexity index is 407. The Morgan fingerprint density at radius 2 is 2.05 bits per heavy atom. The molecule has 1 aromatic carbocycles. The summed E-state index contributed by atoms with van der Waals surface area (Å²) in [6.07, 6.45) is 0. The van der Waals surface area contributed by atoms with Gasteiger partial charge < -0.3 is 5.32 Å². The Hall–Kier alpha value is -1.39. The van der Waals surface area contributed by atoms with Crippen LogP contribution in [0.4, 0.5) is 0 Å². The molecule has 0 aliphatic carbocycles. The Morgan fingerprint density at radius 3 is 2.68 bits per heavy atom. The summed E-state index contributed by atoms with van der Waals surface area (Å²) in [6.45, 7) is 6.71. The van der Waals surface area contributed by atoms with Crippen molar-refractivity contribution in [3.05, 3.63) is 35.9 Å². The number of hydrogen-bond donors (Lipinski definition) is 1. The van der Waals surface area contributed by atoms with Gasteiger partial charge in [-0.2, -0.15) is 0 Å². The molecule has 0 aromatic heterocycles. The van der Waals surface area contributed by atoms with E-state index < -0.39 is 0 Å². The van der Waals surface area contributed by atoms with E-state index in [0.717, 1.165) is 26.2 Å². The molecule has 1 atom stereocenters. The number of piperazine rings is 1. The third kappa shape index (κ3) is 4.04. The number of amides is 1. The molecule has 1 aliphatic rings.